The van der Waals surface area contributed by atoms with E-state index in [1.165, 1.54) is 5.56 Å². The molecule has 1 amide bonds. The van der Waals surface area contributed by atoms with Gasteiger partial charge in [0.15, 0.2) is 0 Å². The predicted octanol–water partition coefficient (Wildman–Crippen LogP) is 4.99. The van der Waals surface area contributed by atoms with Gasteiger partial charge >= 0.3 is 0 Å². The van der Waals surface area contributed by atoms with Crippen molar-refractivity contribution in [3.05, 3.63) is 95.3 Å². The number of nitrogens with zero attached hydrogens (tertiary/aromatic N) is 4. The Kier molecular flexibility index (Phi) is 8.43. The third-order valence-electron chi connectivity index (χ3n) is 6.05. The smallest absolute Gasteiger partial charge is 0.255 e. The first kappa shape index (κ1) is 24.5. The van der Waals surface area contributed by atoms with Crippen LogP contribution in [0.25, 0.3) is 0 Å². The molecule has 1 N–H and O–H groups in total. The van der Waals surface area contributed by atoms with Gasteiger partial charge in [0.25, 0.3) is 5.91 Å². The number of hydrogen-bond acceptors (Lipinski definition) is 6. The van der Waals surface area contributed by atoms with Crippen molar-refractivity contribution in [2.45, 2.75) is 12.1 Å². The van der Waals surface area contributed by atoms with Gasteiger partial charge in [0.05, 0.1) is 58.0 Å². The number of benzene rings is 2. The van der Waals surface area contributed by atoms with E-state index in [9.17, 15) is 10.1 Å². The second-order valence-electron chi connectivity index (χ2n) is 8.21. The van der Waals surface area contributed by atoms with Gasteiger partial charge in [-0.15, -0.1) is 0 Å². The molecule has 1 fully saturated rings. The molecule has 3 aromatic rings. The van der Waals surface area contributed by atoms with Crippen molar-refractivity contribution in [1.29, 1.82) is 5.26 Å². The highest BCUT2D eigenvalue weighted by Crippen LogP contribution is 2.33. The number of rotatable bonds is 7. The van der Waals surface area contributed by atoms with E-state index < -0.39 is 0 Å². The number of aromatic nitrogens is 1. The Morgan fingerprint density at radius 3 is 2.71 bits per heavy atom. The van der Waals surface area contributed by atoms with Crippen LogP contribution in [0.3, 0.4) is 0 Å². The summed E-state index contributed by atoms with van der Waals surface area (Å²) in [6.07, 6.45) is 5.44. The van der Waals surface area contributed by atoms with E-state index in [0.717, 1.165) is 23.5 Å². The van der Waals surface area contributed by atoms with Crippen molar-refractivity contribution in [2.75, 3.05) is 35.2 Å². The van der Waals surface area contributed by atoms with Crippen LogP contribution in [0.5, 0.6) is 0 Å². The first-order chi connectivity index (χ1) is 16.6. The minimum atomic E-state index is 0.00879. The number of carbonyl (C=O) groups excluding carboxylic acids is 1. The van der Waals surface area contributed by atoms with E-state index in [0.29, 0.717) is 24.2 Å². The Labute approximate surface area is 218 Å². The summed E-state index contributed by atoms with van der Waals surface area (Å²) in [6, 6.07) is 22.6. The van der Waals surface area contributed by atoms with E-state index in [1.807, 2.05) is 58.1 Å². The molecule has 1 aromatic heterocycles. The number of anilines is 1. The summed E-state index contributed by atoms with van der Waals surface area (Å²) in [5.41, 5.74) is 4.35. The molecule has 0 radical (unpaired) electrons. The summed E-state index contributed by atoms with van der Waals surface area (Å²) >= 11 is 3.83. The SMILES string of the molecule is CSC[C@@H]1CN(C(=O)c2cncc(NI)c2)CCN1C(c1ccccc1)c1cccc(C#N)c1. The highest BCUT2D eigenvalue weighted by Gasteiger charge is 2.35. The number of pyridine rings is 1. The van der Waals surface area contributed by atoms with E-state index in [4.69, 9.17) is 0 Å². The lowest BCUT2D eigenvalue weighted by Crippen LogP contribution is -2.56. The van der Waals surface area contributed by atoms with E-state index in [1.54, 1.807) is 24.2 Å². The largest absolute Gasteiger partial charge is 0.336 e. The summed E-state index contributed by atoms with van der Waals surface area (Å²) < 4.78 is 3.02. The average Bonchev–Trinajstić information content (AvgIpc) is 2.90. The normalized spacial score (nSPS) is 17.1. The number of carbonyl (C=O) groups is 1. The van der Waals surface area contributed by atoms with Gasteiger partial charge in [-0.3, -0.25) is 14.7 Å². The number of thioether (sulfide) groups is 1. The van der Waals surface area contributed by atoms with Crippen LogP contribution in [-0.2, 0) is 0 Å². The van der Waals surface area contributed by atoms with Crippen molar-refractivity contribution in [2.24, 2.45) is 0 Å². The zero-order valence-electron chi connectivity index (χ0n) is 18.9. The number of hydrogen-bond donors (Lipinski definition) is 1. The maximum atomic E-state index is 13.3. The van der Waals surface area contributed by atoms with E-state index in [-0.39, 0.29) is 18.0 Å². The van der Waals surface area contributed by atoms with Crippen LogP contribution in [0.4, 0.5) is 5.69 Å². The second kappa shape index (κ2) is 11.7. The lowest BCUT2D eigenvalue weighted by Gasteiger charge is -2.45. The van der Waals surface area contributed by atoms with Crippen LogP contribution >= 0.6 is 34.6 Å². The molecule has 1 saturated heterocycles. The van der Waals surface area contributed by atoms with Gasteiger partial charge in [-0.05, 0) is 35.6 Å². The molecule has 6 nitrogen and oxygen atoms in total. The third kappa shape index (κ3) is 5.54. The number of nitrogens with one attached hydrogen (secondary N) is 1. The van der Waals surface area contributed by atoms with Crippen molar-refractivity contribution < 1.29 is 4.79 Å². The molecule has 4 rings (SSSR count). The molecular weight excluding hydrogens is 557 g/mol. The fraction of sp³-hybridized carbons (Fsp3) is 0.269. The minimum absolute atomic E-state index is 0.00879. The molecule has 0 spiro atoms. The van der Waals surface area contributed by atoms with Gasteiger partial charge < -0.3 is 8.43 Å². The molecule has 0 bridgehead atoms. The van der Waals surface area contributed by atoms with Crippen LogP contribution in [0.15, 0.2) is 73.1 Å². The summed E-state index contributed by atoms with van der Waals surface area (Å²) in [5, 5.41) is 9.48. The van der Waals surface area contributed by atoms with Crippen molar-refractivity contribution in [1.82, 2.24) is 14.8 Å². The van der Waals surface area contributed by atoms with Crippen LogP contribution < -0.4 is 3.53 Å². The monoisotopic (exact) mass is 583 g/mol. The topological polar surface area (TPSA) is 72.3 Å². The maximum Gasteiger partial charge on any atom is 0.255 e. The third-order valence-corrected chi connectivity index (χ3v) is 7.39. The van der Waals surface area contributed by atoms with Gasteiger partial charge in [-0.2, -0.15) is 17.0 Å². The number of nitriles is 1. The lowest BCUT2D eigenvalue weighted by atomic mass is 9.93. The first-order valence-electron chi connectivity index (χ1n) is 11.0. The second-order valence-corrected chi connectivity index (χ2v) is 9.66. The number of halogens is 1. The van der Waals surface area contributed by atoms with Crippen molar-refractivity contribution in [3.63, 3.8) is 0 Å². The first-order valence-corrected chi connectivity index (χ1v) is 13.5. The summed E-state index contributed by atoms with van der Waals surface area (Å²) in [5.74, 6) is 0.910. The van der Waals surface area contributed by atoms with Gasteiger partial charge in [0, 0.05) is 37.6 Å². The summed E-state index contributed by atoms with van der Waals surface area (Å²) in [6.45, 7) is 2.01. The van der Waals surface area contributed by atoms with Crippen LogP contribution in [0, 0.1) is 11.3 Å². The van der Waals surface area contributed by atoms with Gasteiger partial charge in [0.1, 0.15) is 0 Å². The molecule has 2 aromatic carbocycles. The Morgan fingerprint density at radius 1 is 1.18 bits per heavy atom. The fourth-order valence-electron chi connectivity index (χ4n) is 4.51. The molecule has 1 unspecified atom stereocenters. The highest BCUT2D eigenvalue weighted by molar-refractivity contribution is 14.1. The van der Waals surface area contributed by atoms with Crippen LogP contribution in [0.1, 0.15) is 33.1 Å². The van der Waals surface area contributed by atoms with Gasteiger partial charge in [-0.1, -0.05) is 42.5 Å². The predicted molar refractivity (Wildman–Crippen MR) is 146 cm³/mol. The summed E-state index contributed by atoms with van der Waals surface area (Å²) in [7, 11) is 0. The van der Waals surface area contributed by atoms with Crippen LogP contribution in [0.2, 0.25) is 0 Å². The molecule has 34 heavy (non-hydrogen) atoms. The standard InChI is InChI=1S/C26H26IN5OS/c1-34-18-24-17-31(26(33)22-13-23(30-27)16-29-15-22)10-11-32(24)25(20-7-3-2-4-8-20)21-9-5-6-19(12-21)14-28/h2-9,12-13,15-16,24-25,30H,10-11,17-18H2,1H3/t24-,25?/m0/s1. The Morgan fingerprint density at radius 2 is 1.97 bits per heavy atom. The lowest BCUT2D eigenvalue weighted by molar-refractivity contribution is 0.0439. The van der Waals surface area contributed by atoms with Crippen molar-refractivity contribution in [3.8, 4) is 6.07 Å². The Balaban J connectivity index is 1.65. The van der Waals surface area contributed by atoms with Gasteiger partial charge in [-0.25, -0.2) is 0 Å². The molecule has 1 aliphatic heterocycles. The number of amides is 1. The Bertz CT molecular complexity index is 1170. The van der Waals surface area contributed by atoms with Crippen LogP contribution in [-0.4, -0.2) is 58.4 Å². The van der Waals surface area contributed by atoms with Gasteiger partial charge in [0.2, 0.25) is 0 Å². The number of piperazine rings is 1. The molecule has 174 valence electrons. The maximum absolute atomic E-state index is 13.3. The minimum Gasteiger partial charge on any atom is -0.336 e. The zero-order valence-corrected chi connectivity index (χ0v) is 21.9. The quantitative estimate of drug-likeness (QED) is 0.312. The molecule has 2 heterocycles. The van der Waals surface area contributed by atoms with Crippen molar-refractivity contribution >= 4 is 46.2 Å². The molecular formula is C26H26IN5OS. The molecule has 0 aliphatic carbocycles. The average molecular weight is 583 g/mol. The summed E-state index contributed by atoms with van der Waals surface area (Å²) in [4.78, 5) is 22.0. The molecule has 8 heteroatoms. The zero-order chi connectivity index (χ0) is 23.9. The molecule has 2 atom stereocenters. The van der Waals surface area contributed by atoms with E-state index >= 15 is 0 Å². The molecule has 1 aliphatic rings. The Hall–Kier alpha value is -2.61. The highest BCUT2D eigenvalue weighted by atomic mass is 127. The fourth-order valence-corrected chi connectivity index (χ4v) is 5.49. The van der Waals surface area contributed by atoms with E-state index in [2.05, 4.69) is 56.1 Å². The molecule has 0 saturated carbocycles.